The molecule has 0 unspecified atom stereocenters. The molecule has 1 aromatic heterocycles. The molecule has 0 saturated carbocycles. The molecule has 0 bridgehead atoms. The van der Waals surface area contributed by atoms with Crippen molar-refractivity contribution in [1.29, 1.82) is 0 Å². The van der Waals surface area contributed by atoms with Crippen LogP contribution in [0.2, 0.25) is 0 Å². The van der Waals surface area contributed by atoms with E-state index in [0.717, 1.165) is 22.5 Å². The molecule has 76 valence electrons. The molecule has 1 N–H and O–H groups in total. The van der Waals surface area contributed by atoms with Gasteiger partial charge in [-0.05, 0) is 17.7 Å². The fraction of sp³-hybridized carbons (Fsp3) is 0. The Morgan fingerprint density at radius 3 is 2.75 bits per heavy atom. The number of nitrogens with one attached hydrogen (secondary N) is 1. The first-order chi connectivity index (χ1) is 7.83. The van der Waals surface area contributed by atoms with Crippen LogP contribution in [0.4, 0.5) is 10.2 Å². The summed E-state index contributed by atoms with van der Waals surface area (Å²) >= 11 is 0. The second-order valence-corrected chi connectivity index (χ2v) is 3.58. The van der Waals surface area contributed by atoms with Gasteiger partial charge in [0.2, 0.25) is 0 Å². The highest BCUT2D eigenvalue weighted by molar-refractivity contribution is 5.75. The van der Waals surface area contributed by atoms with Crippen LogP contribution in [0, 0.1) is 12.0 Å². The van der Waals surface area contributed by atoms with E-state index in [9.17, 15) is 4.39 Å². The summed E-state index contributed by atoms with van der Waals surface area (Å²) in [7, 11) is 0. The molecular weight excluding hydrogens is 203 g/mol. The molecule has 1 aliphatic heterocycles. The predicted octanol–water partition coefficient (Wildman–Crippen LogP) is 3.09. The van der Waals surface area contributed by atoms with E-state index in [4.69, 9.17) is 0 Å². The van der Waals surface area contributed by atoms with E-state index in [1.165, 1.54) is 12.1 Å². The largest absolute Gasteiger partial charge is 0.293 e. The standard InChI is InChI=1S/C13H8FN2/c14-12-3-1-9(2-4-12)11-7-10-5-6-15-13(10)16-8-11/h1-5,7-8H,(H,15,16)/q+1. The summed E-state index contributed by atoms with van der Waals surface area (Å²) in [4.78, 5) is 4.26. The second-order valence-electron chi connectivity index (χ2n) is 3.58. The van der Waals surface area contributed by atoms with Crippen molar-refractivity contribution < 1.29 is 4.39 Å². The van der Waals surface area contributed by atoms with E-state index in [1.807, 2.05) is 12.1 Å². The van der Waals surface area contributed by atoms with Crippen molar-refractivity contribution in [1.82, 2.24) is 4.98 Å². The summed E-state index contributed by atoms with van der Waals surface area (Å²) in [5, 5.41) is 2.91. The van der Waals surface area contributed by atoms with Crippen LogP contribution >= 0.6 is 0 Å². The second kappa shape index (κ2) is 3.40. The first kappa shape index (κ1) is 9.01. The van der Waals surface area contributed by atoms with Crippen molar-refractivity contribution in [2.24, 2.45) is 0 Å². The third-order valence-electron chi connectivity index (χ3n) is 2.51. The number of hydrogen-bond donors (Lipinski definition) is 1. The summed E-state index contributed by atoms with van der Waals surface area (Å²) < 4.78 is 12.8. The molecule has 3 heteroatoms. The SMILES string of the molecule is Fc1ccc(-c2cnc3c(c2)C=[C+]N3)cc1. The van der Waals surface area contributed by atoms with Crippen molar-refractivity contribution in [2.75, 3.05) is 5.32 Å². The topological polar surface area (TPSA) is 24.9 Å². The Bertz CT molecular complexity index is 559. The number of fused-ring (bicyclic) bond motifs is 1. The maximum absolute atomic E-state index is 12.8. The first-order valence-electron chi connectivity index (χ1n) is 4.94. The average Bonchev–Trinajstić information content (AvgIpc) is 2.77. The lowest BCUT2D eigenvalue weighted by Crippen LogP contribution is -1.89. The lowest BCUT2D eigenvalue weighted by molar-refractivity contribution is 0.628. The molecule has 0 atom stereocenters. The highest BCUT2D eigenvalue weighted by Crippen LogP contribution is 2.26. The van der Waals surface area contributed by atoms with E-state index in [-0.39, 0.29) is 5.82 Å². The summed E-state index contributed by atoms with van der Waals surface area (Å²) in [6.45, 7) is 0. The van der Waals surface area contributed by atoms with Crippen molar-refractivity contribution in [2.45, 2.75) is 0 Å². The van der Waals surface area contributed by atoms with E-state index < -0.39 is 0 Å². The molecule has 0 fully saturated rings. The maximum atomic E-state index is 12.8. The van der Waals surface area contributed by atoms with E-state index >= 15 is 0 Å². The monoisotopic (exact) mass is 211 g/mol. The van der Waals surface area contributed by atoms with Gasteiger partial charge in [-0.25, -0.2) is 4.39 Å². The lowest BCUT2D eigenvalue weighted by atomic mass is 10.1. The molecule has 0 amide bonds. The van der Waals surface area contributed by atoms with Crippen LogP contribution in [0.5, 0.6) is 0 Å². The van der Waals surface area contributed by atoms with Gasteiger partial charge in [-0.15, -0.1) is 0 Å². The zero-order valence-electron chi connectivity index (χ0n) is 8.37. The molecule has 0 saturated heterocycles. The van der Waals surface area contributed by atoms with Gasteiger partial charge in [0.1, 0.15) is 18.1 Å². The third kappa shape index (κ3) is 1.44. The fourth-order valence-electron chi connectivity index (χ4n) is 1.68. The summed E-state index contributed by atoms with van der Waals surface area (Å²) in [5.74, 6) is 0.582. The Morgan fingerprint density at radius 2 is 1.94 bits per heavy atom. The van der Waals surface area contributed by atoms with Gasteiger partial charge in [-0.2, -0.15) is 10.3 Å². The van der Waals surface area contributed by atoms with Gasteiger partial charge in [0, 0.05) is 11.6 Å². The van der Waals surface area contributed by atoms with E-state index in [1.54, 1.807) is 18.3 Å². The number of rotatable bonds is 1. The van der Waals surface area contributed by atoms with Gasteiger partial charge in [0.25, 0.3) is 5.82 Å². The van der Waals surface area contributed by atoms with E-state index in [0.29, 0.717) is 0 Å². The molecule has 3 rings (SSSR count). The maximum Gasteiger partial charge on any atom is 0.293 e. The van der Waals surface area contributed by atoms with Gasteiger partial charge in [-0.3, -0.25) is 0 Å². The number of aromatic nitrogens is 1. The van der Waals surface area contributed by atoms with Crippen LogP contribution in [0.25, 0.3) is 17.2 Å². The molecular formula is C13H8FN2+. The minimum atomic E-state index is -0.229. The number of pyridine rings is 1. The molecule has 1 aliphatic rings. The smallest absolute Gasteiger partial charge is 0.207 e. The number of benzene rings is 1. The summed E-state index contributed by atoms with van der Waals surface area (Å²) in [6.07, 6.45) is 6.48. The van der Waals surface area contributed by atoms with Gasteiger partial charge in [0.15, 0.2) is 5.56 Å². The molecule has 2 nitrogen and oxygen atoms in total. The first-order valence-corrected chi connectivity index (χ1v) is 4.94. The van der Waals surface area contributed by atoms with Crippen LogP contribution in [-0.2, 0) is 0 Å². The van der Waals surface area contributed by atoms with Crippen LogP contribution < -0.4 is 5.32 Å². The van der Waals surface area contributed by atoms with Crippen LogP contribution in [0.15, 0.2) is 36.5 Å². The van der Waals surface area contributed by atoms with Gasteiger partial charge < -0.3 is 0 Å². The number of halogens is 1. The Morgan fingerprint density at radius 1 is 1.12 bits per heavy atom. The Labute approximate surface area is 92.5 Å². The molecule has 2 aromatic rings. The Kier molecular flexibility index (Phi) is 1.92. The average molecular weight is 211 g/mol. The van der Waals surface area contributed by atoms with Gasteiger partial charge in [-0.1, -0.05) is 12.1 Å². The third-order valence-corrected chi connectivity index (χ3v) is 2.51. The molecule has 2 heterocycles. The Balaban J connectivity index is 2.07. The van der Waals surface area contributed by atoms with Gasteiger partial charge in [0.05, 0.1) is 6.20 Å². The fourth-order valence-corrected chi connectivity index (χ4v) is 1.68. The molecule has 0 aliphatic carbocycles. The lowest BCUT2D eigenvalue weighted by Gasteiger charge is -1.99. The molecule has 0 spiro atoms. The molecule has 16 heavy (non-hydrogen) atoms. The quantitative estimate of drug-likeness (QED) is 0.733. The minimum absolute atomic E-state index is 0.229. The van der Waals surface area contributed by atoms with Crippen molar-refractivity contribution >= 4 is 11.9 Å². The van der Waals surface area contributed by atoms with Crippen LogP contribution in [0.3, 0.4) is 0 Å². The van der Waals surface area contributed by atoms with Gasteiger partial charge >= 0.3 is 0 Å². The number of hydrogen-bond acceptors (Lipinski definition) is 2. The van der Waals surface area contributed by atoms with Crippen molar-refractivity contribution in [3.05, 3.63) is 54.1 Å². The molecule has 1 aromatic carbocycles. The van der Waals surface area contributed by atoms with Crippen LogP contribution in [-0.4, -0.2) is 4.98 Å². The predicted molar refractivity (Wildman–Crippen MR) is 61.0 cm³/mol. The van der Waals surface area contributed by atoms with Crippen molar-refractivity contribution in [3.63, 3.8) is 0 Å². The normalized spacial score (nSPS) is 11.8. The van der Waals surface area contributed by atoms with E-state index in [2.05, 4.69) is 16.5 Å². The summed E-state index contributed by atoms with van der Waals surface area (Å²) in [6, 6.07) is 8.39. The highest BCUT2D eigenvalue weighted by atomic mass is 19.1. The Hall–Kier alpha value is -2.25. The summed E-state index contributed by atoms with van der Waals surface area (Å²) in [5.41, 5.74) is 2.93. The van der Waals surface area contributed by atoms with Crippen LogP contribution in [0.1, 0.15) is 5.56 Å². The number of nitrogens with zero attached hydrogens (tertiary/aromatic N) is 1. The zero-order chi connectivity index (χ0) is 11.0. The highest BCUT2D eigenvalue weighted by Gasteiger charge is 2.18. The van der Waals surface area contributed by atoms with Crippen molar-refractivity contribution in [3.8, 4) is 11.1 Å². The molecule has 0 radical (unpaired) electrons. The zero-order valence-corrected chi connectivity index (χ0v) is 8.37. The minimum Gasteiger partial charge on any atom is -0.207 e. The number of anilines is 1.